The number of aromatic amines is 1. The summed E-state index contributed by atoms with van der Waals surface area (Å²) in [4.78, 5) is 35.0. The van der Waals surface area contributed by atoms with Crippen LogP contribution < -0.4 is 10.2 Å². The van der Waals surface area contributed by atoms with E-state index in [9.17, 15) is 9.59 Å². The van der Waals surface area contributed by atoms with Crippen molar-refractivity contribution in [3.05, 3.63) is 52.8 Å². The Kier molecular flexibility index (Phi) is 4.62. The van der Waals surface area contributed by atoms with Crippen LogP contribution in [0.1, 0.15) is 37.4 Å². The summed E-state index contributed by atoms with van der Waals surface area (Å²) < 4.78 is 0.848. The molecule has 2 amide bonds. The molecule has 0 spiro atoms. The Morgan fingerprint density at radius 1 is 1.21 bits per heavy atom. The highest BCUT2D eigenvalue weighted by Crippen LogP contribution is 2.36. The first-order valence-corrected chi connectivity index (χ1v) is 10.7. The van der Waals surface area contributed by atoms with Crippen molar-refractivity contribution in [2.24, 2.45) is 5.92 Å². The second-order valence-electron chi connectivity index (χ2n) is 7.83. The van der Waals surface area contributed by atoms with Gasteiger partial charge in [-0.15, -0.1) is 0 Å². The fourth-order valence-electron chi connectivity index (χ4n) is 4.01. The summed E-state index contributed by atoms with van der Waals surface area (Å²) in [5.41, 5.74) is 3.37. The number of rotatable bonds is 4. The van der Waals surface area contributed by atoms with Gasteiger partial charge in [-0.05, 0) is 59.1 Å². The molecule has 148 valence electrons. The molecule has 3 aromatic rings. The first-order valence-electron chi connectivity index (χ1n) is 9.94. The maximum Gasteiger partial charge on any atom is 0.229 e. The van der Waals surface area contributed by atoms with Gasteiger partial charge in [-0.2, -0.15) is 0 Å². The number of imidazole rings is 1. The van der Waals surface area contributed by atoms with Crippen LogP contribution in [-0.4, -0.2) is 28.3 Å². The van der Waals surface area contributed by atoms with Gasteiger partial charge in [-0.3, -0.25) is 9.59 Å². The summed E-state index contributed by atoms with van der Waals surface area (Å²) in [6.07, 6.45) is 3.85. The molecular formula is C22H21BrN4O2. The number of nitrogens with zero attached hydrogens (tertiary/aromatic N) is 2. The highest BCUT2D eigenvalue weighted by atomic mass is 79.9. The summed E-state index contributed by atoms with van der Waals surface area (Å²) in [6.45, 7) is 0.380. The predicted octanol–water partition coefficient (Wildman–Crippen LogP) is 4.58. The fraction of sp³-hybridized carbons (Fsp3) is 0.318. The first kappa shape index (κ1) is 18.4. The molecule has 0 radical (unpaired) electrons. The van der Waals surface area contributed by atoms with Crippen LogP contribution in [0.25, 0.3) is 11.0 Å². The highest BCUT2D eigenvalue weighted by Gasteiger charge is 2.35. The van der Waals surface area contributed by atoms with Crippen LogP contribution >= 0.6 is 15.9 Å². The lowest BCUT2D eigenvalue weighted by Crippen LogP contribution is -2.28. The van der Waals surface area contributed by atoms with Crippen molar-refractivity contribution >= 4 is 50.2 Å². The van der Waals surface area contributed by atoms with Gasteiger partial charge >= 0.3 is 0 Å². The van der Waals surface area contributed by atoms with E-state index in [-0.39, 0.29) is 24.2 Å². The van der Waals surface area contributed by atoms with Gasteiger partial charge in [0.15, 0.2) is 0 Å². The van der Waals surface area contributed by atoms with Crippen LogP contribution in [0.3, 0.4) is 0 Å². The molecule has 2 aliphatic rings. The smallest absolute Gasteiger partial charge is 0.229 e. The zero-order valence-electron chi connectivity index (χ0n) is 15.8. The molecule has 1 aliphatic heterocycles. The maximum absolute atomic E-state index is 12.8. The lowest BCUT2D eigenvalue weighted by molar-refractivity contribution is -0.122. The Bertz CT molecular complexity index is 1110. The van der Waals surface area contributed by atoms with Crippen LogP contribution in [0.4, 0.5) is 11.4 Å². The molecule has 7 heteroatoms. The van der Waals surface area contributed by atoms with Gasteiger partial charge in [0.05, 0.1) is 22.6 Å². The number of nitrogens with one attached hydrogen (secondary N) is 2. The Hall–Kier alpha value is -2.67. The quantitative estimate of drug-likeness (QED) is 0.607. The van der Waals surface area contributed by atoms with Gasteiger partial charge in [-0.25, -0.2) is 4.98 Å². The Labute approximate surface area is 176 Å². The number of amides is 2. The molecule has 1 atom stereocenters. The number of anilines is 2. The van der Waals surface area contributed by atoms with E-state index in [1.165, 1.54) is 19.3 Å². The Morgan fingerprint density at radius 2 is 2.03 bits per heavy atom. The van der Waals surface area contributed by atoms with Gasteiger partial charge in [0, 0.05) is 29.0 Å². The van der Waals surface area contributed by atoms with E-state index in [0.29, 0.717) is 12.5 Å². The van der Waals surface area contributed by atoms with Crippen LogP contribution in [0.15, 0.2) is 46.9 Å². The predicted molar refractivity (Wildman–Crippen MR) is 116 cm³/mol. The third kappa shape index (κ3) is 3.44. The molecule has 29 heavy (non-hydrogen) atoms. The second kappa shape index (κ2) is 7.30. The normalized spacial score (nSPS) is 19.6. The number of benzene rings is 2. The first-order chi connectivity index (χ1) is 14.1. The summed E-state index contributed by atoms with van der Waals surface area (Å²) in [6, 6.07) is 13.3. The second-order valence-corrected chi connectivity index (χ2v) is 8.68. The molecule has 2 heterocycles. The minimum absolute atomic E-state index is 0.0359. The summed E-state index contributed by atoms with van der Waals surface area (Å²) >= 11 is 3.49. The standard InChI is InChI=1S/C22H21BrN4O2/c23-16-6-1-2-7-19(16)27-12-14(10-20(27)28)22(29)24-15-8-9-17-18(11-15)26-21(25-17)13-4-3-5-13/h1-2,6-9,11,13-14H,3-5,10,12H2,(H,24,29)(H,25,26). The molecule has 1 aliphatic carbocycles. The molecule has 1 saturated carbocycles. The lowest BCUT2D eigenvalue weighted by atomic mass is 9.85. The zero-order valence-corrected chi connectivity index (χ0v) is 17.4. The third-order valence-electron chi connectivity index (χ3n) is 5.90. The van der Waals surface area contributed by atoms with Crippen LogP contribution in [0.5, 0.6) is 0 Å². The molecule has 2 N–H and O–H groups in total. The molecule has 2 fully saturated rings. The van der Waals surface area contributed by atoms with Crippen molar-refractivity contribution in [3.8, 4) is 0 Å². The third-order valence-corrected chi connectivity index (χ3v) is 6.57. The summed E-state index contributed by atoms with van der Waals surface area (Å²) in [7, 11) is 0. The molecule has 1 unspecified atom stereocenters. The van der Waals surface area contributed by atoms with Gasteiger partial charge in [0.2, 0.25) is 11.8 Å². The molecule has 1 saturated heterocycles. The van der Waals surface area contributed by atoms with Crippen molar-refractivity contribution in [1.82, 2.24) is 9.97 Å². The van der Waals surface area contributed by atoms with Gasteiger partial charge < -0.3 is 15.2 Å². The number of para-hydroxylation sites is 1. The average Bonchev–Trinajstić information content (AvgIpc) is 3.24. The van der Waals surface area contributed by atoms with E-state index in [1.807, 2.05) is 42.5 Å². The van der Waals surface area contributed by atoms with Gasteiger partial charge in [-0.1, -0.05) is 18.6 Å². The highest BCUT2D eigenvalue weighted by molar-refractivity contribution is 9.10. The van der Waals surface area contributed by atoms with Crippen LogP contribution in [0, 0.1) is 5.92 Å². The zero-order chi connectivity index (χ0) is 20.0. The maximum atomic E-state index is 12.8. The van der Waals surface area contributed by atoms with E-state index in [0.717, 1.165) is 32.7 Å². The minimum Gasteiger partial charge on any atom is -0.342 e. The van der Waals surface area contributed by atoms with E-state index in [4.69, 9.17) is 0 Å². The van der Waals surface area contributed by atoms with E-state index in [2.05, 4.69) is 31.2 Å². The van der Waals surface area contributed by atoms with Crippen molar-refractivity contribution in [2.45, 2.75) is 31.6 Å². The van der Waals surface area contributed by atoms with E-state index < -0.39 is 0 Å². The van der Waals surface area contributed by atoms with Gasteiger partial charge in [0.25, 0.3) is 0 Å². The Morgan fingerprint density at radius 3 is 2.79 bits per heavy atom. The number of hydrogen-bond donors (Lipinski definition) is 2. The van der Waals surface area contributed by atoms with Crippen molar-refractivity contribution in [3.63, 3.8) is 0 Å². The van der Waals surface area contributed by atoms with E-state index in [1.54, 1.807) is 4.90 Å². The van der Waals surface area contributed by atoms with Gasteiger partial charge in [0.1, 0.15) is 5.82 Å². The van der Waals surface area contributed by atoms with Crippen molar-refractivity contribution in [2.75, 3.05) is 16.8 Å². The fourth-order valence-corrected chi connectivity index (χ4v) is 4.51. The minimum atomic E-state index is -0.377. The molecule has 2 aromatic carbocycles. The number of carbonyl (C=O) groups is 2. The average molecular weight is 453 g/mol. The van der Waals surface area contributed by atoms with Crippen LogP contribution in [0.2, 0.25) is 0 Å². The Balaban J connectivity index is 1.30. The molecule has 0 bridgehead atoms. The summed E-state index contributed by atoms with van der Waals surface area (Å²) in [5.74, 6) is 1.03. The number of hydrogen-bond acceptors (Lipinski definition) is 3. The summed E-state index contributed by atoms with van der Waals surface area (Å²) in [5, 5.41) is 2.97. The van der Waals surface area contributed by atoms with Crippen molar-refractivity contribution < 1.29 is 9.59 Å². The monoisotopic (exact) mass is 452 g/mol. The molecule has 5 rings (SSSR count). The van der Waals surface area contributed by atoms with Crippen LogP contribution in [-0.2, 0) is 9.59 Å². The number of H-pyrrole nitrogens is 1. The van der Waals surface area contributed by atoms with E-state index >= 15 is 0 Å². The number of aromatic nitrogens is 2. The largest absolute Gasteiger partial charge is 0.342 e. The SMILES string of the molecule is O=C(Nc1ccc2nc(C3CCC3)[nH]c2c1)C1CC(=O)N(c2ccccc2Br)C1. The number of halogens is 1. The molecule has 1 aromatic heterocycles. The number of carbonyl (C=O) groups excluding carboxylic acids is 2. The molecule has 6 nitrogen and oxygen atoms in total. The van der Waals surface area contributed by atoms with Crippen molar-refractivity contribution in [1.29, 1.82) is 0 Å². The lowest BCUT2D eigenvalue weighted by Gasteiger charge is -2.22. The topological polar surface area (TPSA) is 78.1 Å². The number of fused-ring (bicyclic) bond motifs is 1. The molecular weight excluding hydrogens is 432 g/mol.